The Balaban J connectivity index is 2.13. The first-order valence-electron chi connectivity index (χ1n) is 7.14. The molecule has 0 aromatic carbocycles. The van der Waals surface area contributed by atoms with Crippen molar-refractivity contribution < 1.29 is 0 Å². The van der Waals surface area contributed by atoms with Crippen LogP contribution in [-0.2, 0) is 13.1 Å². The quantitative estimate of drug-likeness (QED) is 0.867. The molecule has 1 aliphatic carbocycles. The van der Waals surface area contributed by atoms with Gasteiger partial charge in [0.15, 0.2) is 10.4 Å². The van der Waals surface area contributed by atoms with E-state index in [1.165, 1.54) is 12.8 Å². The molecule has 0 aliphatic heterocycles. The second-order valence-electron chi connectivity index (χ2n) is 6.13. The predicted octanol–water partition coefficient (Wildman–Crippen LogP) is 3.66. The van der Waals surface area contributed by atoms with Crippen LogP contribution in [0, 0.1) is 23.0 Å². The van der Waals surface area contributed by atoms with Gasteiger partial charge in [0, 0.05) is 13.1 Å². The maximum atomic E-state index is 5.52. The first-order valence-corrected chi connectivity index (χ1v) is 7.55. The van der Waals surface area contributed by atoms with Crippen LogP contribution in [0.15, 0.2) is 0 Å². The van der Waals surface area contributed by atoms with Crippen LogP contribution in [0.2, 0.25) is 0 Å². The van der Waals surface area contributed by atoms with Crippen LogP contribution < -0.4 is 0 Å². The molecule has 3 rings (SSSR count). The number of aromatic amines is 1. The Kier molecular flexibility index (Phi) is 2.85. The zero-order valence-electron chi connectivity index (χ0n) is 12.2. The molecular weight excluding hydrogens is 256 g/mol. The molecule has 1 N–H and O–H groups in total. The van der Waals surface area contributed by atoms with Crippen LogP contribution in [0.3, 0.4) is 0 Å². The zero-order valence-corrected chi connectivity index (χ0v) is 13.0. The Morgan fingerprint density at radius 1 is 1.42 bits per heavy atom. The van der Waals surface area contributed by atoms with Gasteiger partial charge in [-0.05, 0) is 50.2 Å². The van der Waals surface area contributed by atoms with E-state index in [1.54, 1.807) is 0 Å². The number of aromatic nitrogens is 4. The molecule has 0 amide bonds. The SMILES string of the molecule is CCn1nc(C)c2[nH]c(=S)n(CC3(C(C)C)CC3)c21. The number of imidazole rings is 1. The van der Waals surface area contributed by atoms with Gasteiger partial charge in [-0.2, -0.15) is 5.10 Å². The third-order valence-electron chi connectivity index (χ3n) is 4.72. The molecular formula is C14H22N4S. The molecule has 1 aliphatic rings. The van der Waals surface area contributed by atoms with Crippen LogP contribution in [0.25, 0.3) is 11.2 Å². The molecule has 0 unspecified atom stereocenters. The van der Waals surface area contributed by atoms with E-state index in [-0.39, 0.29) is 0 Å². The van der Waals surface area contributed by atoms with Crippen LogP contribution in [0.1, 0.15) is 39.3 Å². The molecule has 1 saturated carbocycles. The van der Waals surface area contributed by atoms with Crippen molar-refractivity contribution in [3.63, 3.8) is 0 Å². The van der Waals surface area contributed by atoms with Gasteiger partial charge in [0.25, 0.3) is 0 Å². The number of fused-ring (bicyclic) bond motifs is 1. The van der Waals surface area contributed by atoms with Crippen molar-refractivity contribution >= 4 is 23.4 Å². The molecule has 2 heterocycles. The maximum absolute atomic E-state index is 5.52. The summed E-state index contributed by atoms with van der Waals surface area (Å²) in [4.78, 5) is 3.33. The second kappa shape index (κ2) is 4.20. The molecule has 104 valence electrons. The summed E-state index contributed by atoms with van der Waals surface area (Å²) in [6.45, 7) is 10.7. The van der Waals surface area contributed by atoms with Crippen LogP contribution in [0.4, 0.5) is 0 Å². The monoisotopic (exact) mass is 278 g/mol. The molecule has 0 atom stereocenters. The van der Waals surface area contributed by atoms with Gasteiger partial charge in [0.2, 0.25) is 0 Å². The van der Waals surface area contributed by atoms with E-state index in [0.717, 1.165) is 34.7 Å². The lowest BCUT2D eigenvalue weighted by Crippen LogP contribution is -2.19. The average Bonchev–Trinajstić information content (AvgIpc) is 3.00. The fourth-order valence-electron chi connectivity index (χ4n) is 3.02. The van der Waals surface area contributed by atoms with Gasteiger partial charge in [-0.1, -0.05) is 13.8 Å². The lowest BCUT2D eigenvalue weighted by Gasteiger charge is -2.20. The third-order valence-corrected chi connectivity index (χ3v) is 5.05. The summed E-state index contributed by atoms with van der Waals surface area (Å²) in [5.74, 6) is 0.707. The van der Waals surface area contributed by atoms with Crippen molar-refractivity contribution in [3.05, 3.63) is 10.5 Å². The lowest BCUT2D eigenvalue weighted by atomic mass is 9.92. The van der Waals surface area contributed by atoms with Gasteiger partial charge in [-0.3, -0.25) is 0 Å². The first-order chi connectivity index (χ1) is 8.98. The Labute approximate surface area is 118 Å². The zero-order chi connectivity index (χ0) is 13.8. The van der Waals surface area contributed by atoms with E-state index in [2.05, 4.69) is 40.1 Å². The Bertz CT molecular complexity index is 669. The molecule has 4 nitrogen and oxygen atoms in total. The number of nitrogens with zero attached hydrogens (tertiary/aromatic N) is 3. The normalized spacial score (nSPS) is 17.5. The minimum Gasteiger partial charge on any atom is -0.328 e. The Morgan fingerprint density at radius 2 is 2.11 bits per heavy atom. The largest absolute Gasteiger partial charge is 0.328 e. The van der Waals surface area contributed by atoms with Crippen molar-refractivity contribution in [2.75, 3.05) is 0 Å². The highest BCUT2D eigenvalue weighted by Crippen LogP contribution is 2.53. The molecule has 2 aromatic heterocycles. The minimum absolute atomic E-state index is 0.449. The summed E-state index contributed by atoms with van der Waals surface area (Å²) in [6.07, 6.45) is 2.64. The molecule has 0 radical (unpaired) electrons. The molecule has 0 spiro atoms. The Hall–Kier alpha value is -1.10. The van der Waals surface area contributed by atoms with E-state index < -0.39 is 0 Å². The summed E-state index contributed by atoms with van der Waals surface area (Å²) in [5.41, 5.74) is 3.75. The number of rotatable bonds is 4. The van der Waals surface area contributed by atoms with E-state index in [0.29, 0.717) is 11.3 Å². The number of nitrogens with one attached hydrogen (secondary N) is 1. The number of hydrogen-bond acceptors (Lipinski definition) is 2. The van der Waals surface area contributed by atoms with Crippen molar-refractivity contribution in [1.29, 1.82) is 0 Å². The highest BCUT2D eigenvalue weighted by molar-refractivity contribution is 7.71. The topological polar surface area (TPSA) is 38.5 Å². The van der Waals surface area contributed by atoms with E-state index in [9.17, 15) is 0 Å². The molecule has 0 saturated heterocycles. The molecule has 0 bridgehead atoms. The van der Waals surface area contributed by atoms with Gasteiger partial charge in [0.1, 0.15) is 5.52 Å². The summed E-state index contributed by atoms with van der Waals surface area (Å²) in [7, 11) is 0. The number of hydrogen-bond donors (Lipinski definition) is 1. The van der Waals surface area contributed by atoms with Crippen LogP contribution >= 0.6 is 12.2 Å². The highest BCUT2D eigenvalue weighted by atomic mass is 32.1. The van der Waals surface area contributed by atoms with Gasteiger partial charge in [0.05, 0.1) is 5.69 Å². The van der Waals surface area contributed by atoms with Crippen molar-refractivity contribution in [2.24, 2.45) is 11.3 Å². The van der Waals surface area contributed by atoms with Crippen molar-refractivity contribution in [3.8, 4) is 0 Å². The summed E-state index contributed by atoms with van der Waals surface area (Å²) in [6, 6.07) is 0. The number of H-pyrrole nitrogens is 1. The maximum Gasteiger partial charge on any atom is 0.179 e. The van der Waals surface area contributed by atoms with Crippen LogP contribution in [-0.4, -0.2) is 19.3 Å². The molecule has 19 heavy (non-hydrogen) atoms. The third kappa shape index (κ3) is 1.86. The number of aryl methyl sites for hydroxylation is 2. The van der Waals surface area contributed by atoms with Crippen LogP contribution in [0.5, 0.6) is 0 Å². The van der Waals surface area contributed by atoms with E-state index in [4.69, 9.17) is 12.2 Å². The lowest BCUT2D eigenvalue weighted by molar-refractivity contribution is 0.309. The highest BCUT2D eigenvalue weighted by Gasteiger charge is 2.46. The van der Waals surface area contributed by atoms with E-state index >= 15 is 0 Å². The standard InChI is InChI=1S/C14H22N4S/c1-5-18-12-11(10(4)16-18)15-13(19)17(12)8-14(6-7-14)9(2)3/h9H,5-8H2,1-4H3,(H,15,19). The Morgan fingerprint density at radius 3 is 2.63 bits per heavy atom. The molecule has 1 fully saturated rings. The fourth-order valence-corrected chi connectivity index (χ4v) is 3.27. The average molecular weight is 278 g/mol. The van der Waals surface area contributed by atoms with Gasteiger partial charge < -0.3 is 9.55 Å². The van der Waals surface area contributed by atoms with Crippen molar-refractivity contribution in [1.82, 2.24) is 19.3 Å². The van der Waals surface area contributed by atoms with Gasteiger partial charge in [-0.25, -0.2) is 4.68 Å². The second-order valence-corrected chi connectivity index (χ2v) is 6.52. The minimum atomic E-state index is 0.449. The summed E-state index contributed by atoms with van der Waals surface area (Å²) >= 11 is 5.52. The van der Waals surface area contributed by atoms with Gasteiger partial charge >= 0.3 is 0 Å². The first kappa shape index (κ1) is 12.9. The van der Waals surface area contributed by atoms with Gasteiger partial charge in [-0.15, -0.1) is 0 Å². The van der Waals surface area contributed by atoms with E-state index in [1.807, 2.05) is 6.92 Å². The smallest absolute Gasteiger partial charge is 0.179 e. The predicted molar refractivity (Wildman–Crippen MR) is 79.8 cm³/mol. The fraction of sp³-hybridized carbons (Fsp3) is 0.714. The summed E-state index contributed by atoms with van der Waals surface area (Å²) in [5, 5.41) is 4.58. The summed E-state index contributed by atoms with van der Waals surface area (Å²) < 4.78 is 5.17. The molecule has 2 aromatic rings. The molecule has 5 heteroatoms. The van der Waals surface area contributed by atoms with Crippen molar-refractivity contribution in [2.45, 2.75) is 53.6 Å².